The summed E-state index contributed by atoms with van der Waals surface area (Å²) in [4.78, 5) is 11.4. The summed E-state index contributed by atoms with van der Waals surface area (Å²) in [5.41, 5.74) is 6.02. The number of hydrogen-bond donors (Lipinski definition) is 2. The first-order chi connectivity index (χ1) is 5.66. The Labute approximate surface area is 74.6 Å². The number of nitrogens with two attached hydrogens (primary N) is 1. The number of hydrogen-bond acceptors (Lipinski definition) is 3. The van der Waals surface area contributed by atoms with E-state index in [2.05, 4.69) is 0 Å². The third kappa shape index (κ3) is 1.53. The smallest absolute Gasteiger partial charge is 0.338 e. The zero-order valence-electron chi connectivity index (χ0n) is 6.57. The van der Waals surface area contributed by atoms with Crippen molar-refractivity contribution in [1.29, 1.82) is 0 Å². The lowest BCUT2D eigenvalue weighted by atomic mass is 10.2. The van der Waals surface area contributed by atoms with Gasteiger partial charge >= 0.3 is 5.97 Å². The van der Waals surface area contributed by atoms with E-state index in [1.807, 2.05) is 6.26 Å². The highest BCUT2D eigenvalue weighted by atomic mass is 32.2. The van der Waals surface area contributed by atoms with Gasteiger partial charge < -0.3 is 10.8 Å². The van der Waals surface area contributed by atoms with E-state index in [0.29, 0.717) is 10.6 Å². The molecule has 0 amide bonds. The average Bonchev–Trinajstić information content (AvgIpc) is 2.03. The second kappa shape index (κ2) is 3.49. The van der Waals surface area contributed by atoms with Crippen LogP contribution in [0.5, 0.6) is 0 Å². The van der Waals surface area contributed by atoms with Gasteiger partial charge in [-0.1, -0.05) is 6.07 Å². The van der Waals surface area contributed by atoms with Crippen LogP contribution in [0.4, 0.5) is 5.69 Å². The van der Waals surface area contributed by atoms with Crippen molar-refractivity contribution in [2.75, 3.05) is 12.0 Å². The molecule has 0 heterocycles. The van der Waals surface area contributed by atoms with E-state index in [4.69, 9.17) is 10.8 Å². The molecule has 0 bridgehead atoms. The van der Waals surface area contributed by atoms with Crippen molar-refractivity contribution >= 4 is 23.4 Å². The Balaban J connectivity index is 3.29. The van der Waals surface area contributed by atoms with Gasteiger partial charge in [-0.25, -0.2) is 4.79 Å². The van der Waals surface area contributed by atoms with E-state index >= 15 is 0 Å². The van der Waals surface area contributed by atoms with Crippen LogP contribution in [-0.2, 0) is 0 Å². The van der Waals surface area contributed by atoms with Crippen molar-refractivity contribution in [3.63, 3.8) is 0 Å². The first-order valence-corrected chi connectivity index (χ1v) is 4.55. The maximum Gasteiger partial charge on any atom is 0.338 e. The molecule has 3 N–H and O–H groups in total. The minimum Gasteiger partial charge on any atom is -0.478 e. The topological polar surface area (TPSA) is 63.3 Å². The molecular weight excluding hydrogens is 174 g/mol. The van der Waals surface area contributed by atoms with Gasteiger partial charge in [0.2, 0.25) is 0 Å². The summed E-state index contributed by atoms with van der Waals surface area (Å²) in [5, 5.41) is 8.78. The van der Waals surface area contributed by atoms with Gasteiger partial charge in [0.05, 0.1) is 5.56 Å². The Bertz CT molecular complexity index is 312. The molecule has 0 aliphatic carbocycles. The predicted molar refractivity (Wildman–Crippen MR) is 49.6 cm³/mol. The summed E-state index contributed by atoms with van der Waals surface area (Å²) >= 11 is 1.38. The van der Waals surface area contributed by atoms with Crippen LogP contribution >= 0.6 is 11.8 Å². The number of carboxylic acid groups (broad SMARTS) is 1. The van der Waals surface area contributed by atoms with Gasteiger partial charge in [0.25, 0.3) is 0 Å². The molecule has 0 unspecified atom stereocenters. The second-order valence-corrected chi connectivity index (χ2v) is 3.08. The van der Waals surface area contributed by atoms with E-state index < -0.39 is 5.97 Å². The highest BCUT2D eigenvalue weighted by Gasteiger charge is 2.11. The Morgan fingerprint density at radius 1 is 1.58 bits per heavy atom. The molecule has 0 radical (unpaired) electrons. The van der Waals surface area contributed by atoms with Crippen molar-refractivity contribution in [3.05, 3.63) is 23.8 Å². The lowest BCUT2D eigenvalue weighted by Crippen LogP contribution is -2.03. The van der Waals surface area contributed by atoms with E-state index in [1.165, 1.54) is 11.8 Å². The number of carboxylic acids is 1. The Morgan fingerprint density at radius 3 is 2.67 bits per heavy atom. The van der Waals surface area contributed by atoms with Gasteiger partial charge in [-0.2, -0.15) is 0 Å². The van der Waals surface area contributed by atoms with Gasteiger partial charge in [-0.05, 0) is 18.4 Å². The minimum absolute atomic E-state index is 0.199. The maximum atomic E-state index is 10.7. The molecule has 0 spiro atoms. The molecule has 0 aliphatic rings. The van der Waals surface area contributed by atoms with Crippen LogP contribution in [-0.4, -0.2) is 17.3 Å². The molecule has 12 heavy (non-hydrogen) atoms. The molecule has 0 saturated carbocycles. The van der Waals surface area contributed by atoms with Crippen LogP contribution in [0.3, 0.4) is 0 Å². The highest BCUT2D eigenvalue weighted by molar-refractivity contribution is 7.98. The van der Waals surface area contributed by atoms with Crippen molar-refractivity contribution in [3.8, 4) is 0 Å². The molecule has 3 nitrogen and oxygen atoms in total. The summed E-state index contributed by atoms with van der Waals surface area (Å²) < 4.78 is 0. The van der Waals surface area contributed by atoms with Crippen LogP contribution in [0.1, 0.15) is 10.4 Å². The standard InChI is InChI=1S/C8H9NO2S/c1-12-6-4-2-3-5(9)7(6)8(10)11/h2-4H,9H2,1H3,(H,10,11). The highest BCUT2D eigenvalue weighted by Crippen LogP contribution is 2.24. The van der Waals surface area contributed by atoms with Crippen molar-refractivity contribution in [2.24, 2.45) is 0 Å². The Morgan fingerprint density at radius 2 is 2.25 bits per heavy atom. The molecule has 0 aromatic heterocycles. The molecule has 64 valence electrons. The van der Waals surface area contributed by atoms with E-state index in [-0.39, 0.29) is 5.56 Å². The maximum absolute atomic E-state index is 10.7. The lowest BCUT2D eigenvalue weighted by Gasteiger charge is -2.04. The Hall–Kier alpha value is -1.16. The van der Waals surface area contributed by atoms with E-state index in [1.54, 1.807) is 18.2 Å². The van der Waals surface area contributed by atoms with Crippen LogP contribution in [0.2, 0.25) is 0 Å². The molecule has 0 aliphatic heterocycles. The van der Waals surface area contributed by atoms with Crippen LogP contribution in [0, 0.1) is 0 Å². The lowest BCUT2D eigenvalue weighted by molar-refractivity contribution is 0.0694. The molecule has 1 rings (SSSR count). The van der Waals surface area contributed by atoms with Crippen molar-refractivity contribution < 1.29 is 9.90 Å². The fourth-order valence-corrected chi connectivity index (χ4v) is 1.57. The van der Waals surface area contributed by atoms with Crippen LogP contribution in [0.15, 0.2) is 23.1 Å². The molecule has 4 heteroatoms. The summed E-state index contributed by atoms with van der Waals surface area (Å²) in [6.45, 7) is 0. The van der Waals surface area contributed by atoms with Gasteiger partial charge in [0.1, 0.15) is 0 Å². The first kappa shape index (κ1) is 8.93. The number of anilines is 1. The molecule has 0 atom stereocenters. The van der Waals surface area contributed by atoms with Gasteiger partial charge in [0.15, 0.2) is 0 Å². The fraction of sp³-hybridized carbons (Fsp3) is 0.125. The zero-order chi connectivity index (χ0) is 9.14. The first-order valence-electron chi connectivity index (χ1n) is 3.32. The van der Waals surface area contributed by atoms with Gasteiger partial charge in [-0.15, -0.1) is 11.8 Å². The summed E-state index contributed by atoms with van der Waals surface area (Å²) in [7, 11) is 0. The number of benzene rings is 1. The third-order valence-electron chi connectivity index (χ3n) is 1.49. The number of thioether (sulfide) groups is 1. The minimum atomic E-state index is -0.975. The fourth-order valence-electron chi connectivity index (χ4n) is 0.947. The van der Waals surface area contributed by atoms with Crippen LogP contribution < -0.4 is 5.73 Å². The Kier molecular flexibility index (Phi) is 2.60. The summed E-state index contributed by atoms with van der Waals surface area (Å²) in [6.07, 6.45) is 1.82. The predicted octanol–water partition coefficient (Wildman–Crippen LogP) is 1.69. The van der Waals surface area contributed by atoms with E-state index in [0.717, 1.165) is 0 Å². The number of rotatable bonds is 2. The molecular formula is C8H9NO2S. The molecule has 1 aromatic rings. The quantitative estimate of drug-likeness (QED) is 0.541. The normalized spacial score (nSPS) is 9.75. The summed E-state index contributed by atoms with van der Waals surface area (Å²) in [6, 6.07) is 5.07. The third-order valence-corrected chi connectivity index (χ3v) is 2.27. The molecule has 0 fully saturated rings. The number of nitrogen functional groups attached to an aromatic ring is 1. The monoisotopic (exact) mass is 183 g/mol. The summed E-state index contributed by atoms with van der Waals surface area (Å²) in [5.74, 6) is -0.975. The number of aromatic carboxylic acids is 1. The van der Waals surface area contributed by atoms with Crippen molar-refractivity contribution in [2.45, 2.75) is 4.90 Å². The van der Waals surface area contributed by atoms with Crippen molar-refractivity contribution in [1.82, 2.24) is 0 Å². The molecule has 0 saturated heterocycles. The number of carbonyl (C=O) groups is 1. The second-order valence-electron chi connectivity index (χ2n) is 2.23. The zero-order valence-corrected chi connectivity index (χ0v) is 7.39. The van der Waals surface area contributed by atoms with E-state index in [9.17, 15) is 4.79 Å². The SMILES string of the molecule is CSc1cccc(N)c1C(=O)O. The van der Waals surface area contributed by atoms with Gasteiger partial charge in [0, 0.05) is 10.6 Å². The molecule has 1 aromatic carbocycles. The largest absolute Gasteiger partial charge is 0.478 e. The average molecular weight is 183 g/mol. The van der Waals surface area contributed by atoms with Gasteiger partial charge in [-0.3, -0.25) is 0 Å². The van der Waals surface area contributed by atoms with Crippen LogP contribution in [0.25, 0.3) is 0 Å².